The van der Waals surface area contributed by atoms with Gasteiger partial charge in [-0.3, -0.25) is 0 Å². The van der Waals surface area contributed by atoms with Gasteiger partial charge in [-0.25, -0.2) is 9.97 Å². The van der Waals surface area contributed by atoms with Crippen LogP contribution in [0.3, 0.4) is 0 Å². The van der Waals surface area contributed by atoms with Gasteiger partial charge in [0.05, 0.1) is 17.7 Å². The zero-order chi connectivity index (χ0) is 11.5. The number of hydrogen-bond acceptors (Lipinski definition) is 4. The largest absolute Gasteiger partial charge is 0.375 e. The molecule has 0 atom stereocenters. The summed E-state index contributed by atoms with van der Waals surface area (Å²) >= 11 is 1.44. The summed E-state index contributed by atoms with van der Waals surface area (Å²) in [6.07, 6.45) is 5.75. The first-order valence-electron chi connectivity index (χ1n) is 5.11. The Morgan fingerprint density at radius 2 is 2.31 bits per heavy atom. The lowest BCUT2D eigenvalue weighted by Gasteiger charge is -1.98. The predicted octanol–water partition coefficient (Wildman–Crippen LogP) is 2.42. The molecule has 0 bridgehead atoms. The Morgan fingerprint density at radius 1 is 1.50 bits per heavy atom. The van der Waals surface area contributed by atoms with Gasteiger partial charge < -0.3 is 10.3 Å². The van der Waals surface area contributed by atoms with Crippen LogP contribution in [-0.4, -0.2) is 14.5 Å². The van der Waals surface area contributed by atoms with Crippen molar-refractivity contribution in [2.24, 2.45) is 0 Å². The Labute approximate surface area is 98.5 Å². The predicted molar refractivity (Wildman–Crippen MR) is 68.1 cm³/mol. The number of anilines is 1. The van der Waals surface area contributed by atoms with E-state index in [1.807, 2.05) is 23.9 Å². The first-order valence-corrected chi connectivity index (χ1v) is 5.99. The van der Waals surface area contributed by atoms with E-state index in [-0.39, 0.29) is 0 Å². The van der Waals surface area contributed by atoms with Gasteiger partial charge >= 0.3 is 0 Å². The number of rotatable bonds is 3. The standard InChI is InChI=1S/C11H14N4S/c1-3-15-7-13-10(8(15)2)5-4-9-6-16-11(12)14-9/h4-7H,3H2,1-2H3,(H2,12,14). The van der Waals surface area contributed by atoms with Crippen LogP contribution in [0.5, 0.6) is 0 Å². The van der Waals surface area contributed by atoms with Gasteiger partial charge in [0.25, 0.3) is 0 Å². The Kier molecular flexibility index (Phi) is 3.05. The molecule has 2 rings (SSSR count). The van der Waals surface area contributed by atoms with Crippen LogP contribution in [0.15, 0.2) is 11.7 Å². The normalized spacial score (nSPS) is 11.4. The molecule has 0 aromatic carbocycles. The highest BCUT2D eigenvalue weighted by Crippen LogP contribution is 2.15. The fourth-order valence-electron chi connectivity index (χ4n) is 1.48. The maximum Gasteiger partial charge on any atom is 0.180 e. The maximum atomic E-state index is 5.56. The third kappa shape index (κ3) is 2.14. The molecule has 2 aromatic rings. The van der Waals surface area contributed by atoms with Gasteiger partial charge in [0, 0.05) is 17.6 Å². The summed E-state index contributed by atoms with van der Waals surface area (Å²) in [5.74, 6) is 0. The number of thiazole rings is 1. The monoisotopic (exact) mass is 234 g/mol. The van der Waals surface area contributed by atoms with Gasteiger partial charge in [0.1, 0.15) is 0 Å². The Hall–Kier alpha value is -1.62. The van der Waals surface area contributed by atoms with Crippen LogP contribution in [-0.2, 0) is 6.54 Å². The minimum absolute atomic E-state index is 0.593. The second-order valence-electron chi connectivity index (χ2n) is 3.45. The van der Waals surface area contributed by atoms with Crippen LogP contribution in [0.1, 0.15) is 24.0 Å². The number of hydrogen-bond donors (Lipinski definition) is 1. The molecule has 0 aliphatic heterocycles. The molecule has 0 saturated heterocycles. The zero-order valence-electron chi connectivity index (χ0n) is 9.34. The highest BCUT2D eigenvalue weighted by Gasteiger charge is 2.01. The summed E-state index contributed by atoms with van der Waals surface area (Å²) in [6, 6.07) is 0. The average Bonchev–Trinajstić information content (AvgIpc) is 2.83. The lowest BCUT2D eigenvalue weighted by Crippen LogP contribution is -1.94. The number of nitrogens with two attached hydrogens (primary N) is 1. The van der Waals surface area contributed by atoms with Gasteiger partial charge in [0.15, 0.2) is 5.13 Å². The van der Waals surface area contributed by atoms with Crippen LogP contribution in [0.25, 0.3) is 12.2 Å². The molecule has 0 saturated carbocycles. The van der Waals surface area contributed by atoms with E-state index in [1.165, 1.54) is 17.0 Å². The lowest BCUT2D eigenvalue weighted by molar-refractivity contribution is 0.737. The first kappa shape index (κ1) is 10.9. The van der Waals surface area contributed by atoms with E-state index >= 15 is 0 Å². The van der Waals surface area contributed by atoms with Crippen molar-refractivity contribution in [3.63, 3.8) is 0 Å². The van der Waals surface area contributed by atoms with E-state index in [0.717, 1.165) is 17.9 Å². The van der Waals surface area contributed by atoms with Crippen molar-refractivity contribution in [1.29, 1.82) is 0 Å². The van der Waals surface area contributed by atoms with Gasteiger partial charge in [-0.15, -0.1) is 11.3 Å². The molecule has 0 unspecified atom stereocenters. The lowest BCUT2D eigenvalue weighted by atomic mass is 10.3. The van der Waals surface area contributed by atoms with Crippen molar-refractivity contribution in [3.05, 3.63) is 28.8 Å². The second-order valence-corrected chi connectivity index (χ2v) is 4.33. The van der Waals surface area contributed by atoms with Gasteiger partial charge in [0.2, 0.25) is 0 Å². The van der Waals surface area contributed by atoms with Gasteiger partial charge in [-0.1, -0.05) is 0 Å². The van der Waals surface area contributed by atoms with E-state index in [1.54, 1.807) is 0 Å². The molecule has 0 fully saturated rings. The first-order chi connectivity index (χ1) is 7.70. The molecule has 0 amide bonds. The van der Waals surface area contributed by atoms with Crippen LogP contribution in [0.4, 0.5) is 5.13 Å². The molecule has 16 heavy (non-hydrogen) atoms. The summed E-state index contributed by atoms with van der Waals surface area (Å²) in [4.78, 5) is 8.49. The molecule has 84 valence electrons. The highest BCUT2D eigenvalue weighted by molar-refractivity contribution is 7.13. The molecule has 0 radical (unpaired) electrons. The number of nitrogen functional groups attached to an aromatic ring is 1. The van der Waals surface area contributed by atoms with Crippen LogP contribution in [0, 0.1) is 6.92 Å². The fourth-order valence-corrected chi connectivity index (χ4v) is 2.01. The molecule has 2 aromatic heterocycles. The van der Waals surface area contributed by atoms with Crippen LogP contribution >= 0.6 is 11.3 Å². The Morgan fingerprint density at radius 3 is 2.88 bits per heavy atom. The maximum absolute atomic E-state index is 5.56. The summed E-state index contributed by atoms with van der Waals surface area (Å²) in [5, 5.41) is 2.52. The molecule has 2 heterocycles. The molecule has 4 nitrogen and oxygen atoms in total. The van der Waals surface area contributed by atoms with Crippen LogP contribution < -0.4 is 5.73 Å². The van der Waals surface area contributed by atoms with Crippen molar-refractivity contribution in [2.45, 2.75) is 20.4 Å². The summed E-state index contributed by atoms with van der Waals surface area (Å²) in [5.41, 5.74) is 8.59. The third-order valence-corrected chi connectivity index (χ3v) is 3.12. The molecule has 0 aliphatic rings. The highest BCUT2D eigenvalue weighted by atomic mass is 32.1. The van der Waals surface area contributed by atoms with Gasteiger partial charge in [-0.2, -0.15) is 0 Å². The topological polar surface area (TPSA) is 56.7 Å². The number of aromatic nitrogens is 3. The molecule has 5 heteroatoms. The molecule has 2 N–H and O–H groups in total. The van der Waals surface area contributed by atoms with Crippen molar-refractivity contribution in [1.82, 2.24) is 14.5 Å². The van der Waals surface area contributed by atoms with E-state index in [0.29, 0.717) is 5.13 Å². The van der Waals surface area contributed by atoms with E-state index in [9.17, 15) is 0 Å². The minimum Gasteiger partial charge on any atom is -0.375 e. The second kappa shape index (κ2) is 4.49. The van der Waals surface area contributed by atoms with E-state index < -0.39 is 0 Å². The number of aryl methyl sites for hydroxylation is 1. The fraction of sp³-hybridized carbons (Fsp3) is 0.273. The van der Waals surface area contributed by atoms with E-state index in [2.05, 4.69) is 28.4 Å². The van der Waals surface area contributed by atoms with Crippen molar-refractivity contribution >= 4 is 28.6 Å². The van der Waals surface area contributed by atoms with Gasteiger partial charge in [-0.05, 0) is 26.0 Å². The molecular formula is C11H14N4S. The summed E-state index contributed by atoms with van der Waals surface area (Å²) in [6.45, 7) is 5.10. The summed E-state index contributed by atoms with van der Waals surface area (Å²) < 4.78 is 2.11. The molecular weight excluding hydrogens is 220 g/mol. The summed E-state index contributed by atoms with van der Waals surface area (Å²) in [7, 11) is 0. The Bertz CT molecular complexity index is 510. The minimum atomic E-state index is 0.593. The zero-order valence-corrected chi connectivity index (χ0v) is 10.2. The van der Waals surface area contributed by atoms with Crippen molar-refractivity contribution in [3.8, 4) is 0 Å². The average molecular weight is 234 g/mol. The Balaban J connectivity index is 2.20. The molecule has 0 aliphatic carbocycles. The van der Waals surface area contributed by atoms with E-state index in [4.69, 9.17) is 5.73 Å². The SMILES string of the molecule is CCn1cnc(C=Cc2csc(N)n2)c1C. The van der Waals surface area contributed by atoms with Crippen molar-refractivity contribution in [2.75, 3.05) is 5.73 Å². The molecule has 0 spiro atoms. The smallest absolute Gasteiger partial charge is 0.180 e. The van der Waals surface area contributed by atoms with Crippen molar-refractivity contribution < 1.29 is 0 Å². The number of imidazole rings is 1. The quantitative estimate of drug-likeness (QED) is 0.887. The number of nitrogens with zero attached hydrogens (tertiary/aromatic N) is 3. The third-order valence-electron chi connectivity index (χ3n) is 2.43. The van der Waals surface area contributed by atoms with Crippen LogP contribution in [0.2, 0.25) is 0 Å².